The molecule has 2 N–H and O–H groups in total. The average molecular weight is 215 g/mol. The van der Waals surface area contributed by atoms with E-state index >= 15 is 0 Å². The van der Waals surface area contributed by atoms with Gasteiger partial charge in [0.1, 0.15) is 6.04 Å². The van der Waals surface area contributed by atoms with Gasteiger partial charge in [-0.1, -0.05) is 0 Å². The first-order valence-corrected chi connectivity index (χ1v) is 3.76. The van der Waals surface area contributed by atoms with Gasteiger partial charge in [-0.3, -0.25) is 9.59 Å². The lowest BCUT2D eigenvalue weighted by Gasteiger charge is -2.14. The van der Waals surface area contributed by atoms with E-state index in [0.29, 0.717) is 0 Å². The molecule has 0 bridgehead atoms. The summed E-state index contributed by atoms with van der Waals surface area (Å²) in [6, 6.07) is -1.04. The summed E-state index contributed by atoms with van der Waals surface area (Å²) in [5.74, 6) is -2.26. The van der Waals surface area contributed by atoms with Gasteiger partial charge in [-0.2, -0.15) is 8.78 Å². The first kappa shape index (κ1) is 12.1. The van der Waals surface area contributed by atoms with Gasteiger partial charge in [0, 0.05) is 7.05 Å². The van der Waals surface area contributed by atoms with E-state index in [-0.39, 0.29) is 0 Å². The van der Waals surface area contributed by atoms with Crippen molar-refractivity contribution in [3.8, 4) is 0 Å². The van der Waals surface area contributed by atoms with Gasteiger partial charge in [0.2, 0.25) is 5.91 Å². The molecule has 2 amide bonds. The van der Waals surface area contributed by atoms with Crippen molar-refractivity contribution >= 4 is 23.4 Å². The molecule has 7 heteroatoms. The standard InChI is InChI=1S/C6H9ClF2N2O2/c1-3(4(12)10-2)11-5(13)6(7,8)9/h3H,1-2H3,(H,10,12)(H,11,13). The Labute approximate surface area is 78.6 Å². The van der Waals surface area contributed by atoms with Crippen LogP contribution in [0.3, 0.4) is 0 Å². The summed E-state index contributed by atoms with van der Waals surface area (Å²) in [5.41, 5.74) is 0. The van der Waals surface area contributed by atoms with Crippen LogP contribution in [0.1, 0.15) is 6.92 Å². The van der Waals surface area contributed by atoms with Gasteiger partial charge in [0.05, 0.1) is 0 Å². The van der Waals surface area contributed by atoms with Gasteiger partial charge in [-0.15, -0.1) is 0 Å². The molecule has 0 aliphatic rings. The molecule has 4 nitrogen and oxygen atoms in total. The average Bonchev–Trinajstić information content (AvgIpc) is 2.01. The number of halogens is 3. The molecule has 0 aliphatic carbocycles. The van der Waals surface area contributed by atoms with Crippen LogP contribution >= 0.6 is 11.6 Å². The van der Waals surface area contributed by atoms with Crippen LogP contribution in [0.15, 0.2) is 0 Å². The number of carbonyl (C=O) groups excluding carboxylic acids is 2. The molecule has 0 spiro atoms. The van der Waals surface area contributed by atoms with Crippen molar-refractivity contribution in [2.24, 2.45) is 0 Å². The van der Waals surface area contributed by atoms with E-state index in [1.807, 2.05) is 0 Å². The summed E-state index contributed by atoms with van der Waals surface area (Å²) >= 11 is 4.40. The molecule has 1 unspecified atom stereocenters. The predicted molar refractivity (Wildman–Crippen MR) is 42.5 cm³/mol. The number of hydrogen-bond acceptors (Lipinski definition) is 2. The van der Waals surface area contributed by atoms with Crippen molar-refractivity contribution < 1.29 is 18.4 Å². The lowest BCUT2D eigenvalue weighted by Crippen LogP contribution is -2.48. The number of hydrogen-bond donors (Lipinski definition) is 2. The second kappa shape index (κ2) is 4.36. The Morgan fingerprint density at radius 2 is 1.92 bits per heavy atom. The van der Waals surface area contributed by atoms with Gasteiger partial charge in [-0.25, -0.2) is 0 Å². The number of alkyl halides is 3. The number of nitrogens with one attached hydrogen (secondary N) is 2. The molecule has 0 radical (unpaired) electrons. The second-order valence-electron chi connectivity index (χ2n) is 2.31. The Bertz CT molecular complexity index is 217. The molecule has 0 rings (SSSR count). The zero-order chi connectivity index (χ0) is 10.6. The highest BCUT2D eigenvalue weighted by atomic mass is 35.5. The predicted octanol–water partition coefficient (Wildman–Crippen LogP) is 0.0687. The summed E-state index contributed by atoms with van der Waals surface area (Å²) in [7, 11) is 1.32. The molecular formula is C6H9ClF2N2O2. The smallest absolute Gasteiger partial charge is 0.357 e. The van der Waals surface area contributed by atoms with Crippen LogP contribution in [0.25, 0.3) is 0 Å². The zero-order valence-corrected chi connectivity index (χ0v) is 7.78. The molecule has 13 heavy (non-hydrogen) atoms. The highest BCUT2D eigenvalue weighted by molar-refractivity contribution is 6.32. The van der Waals surface area contributed by atoms with E-state index in [4.69, 9.17) is 0 Å². The monoisotopic (exact) mass is 214 g/mol. The molecule has 0 aromatic rings. The van der Waals surface area contributed by atoms with Crippen LogP contribution in [0.5, 0.6) is 0 Å². The Morgan fingerprint density at radius 1 is 1.46 bits per heavy atom. The number of rotatable bonds is 3. The van der Waals surface area contributed by atoms with Gasteiger partial charge >= 0.3 is 11.3 Å². The molecule has 76 valence electrons. The maximum absolute atomic E-state index is 12.1. The Hall–Kier alpha value is -0.910. The molecule has 1 atom stereocenters. The van der Waals surface area contributed by atoms with Crippen LogP contribution < -0.4 is 10.6 Å². The molecule has 0 aromatic carbocycles. The van der Waals surface area contributed by atoms with Gasteiger partial charge in [0.25, 0.3) is 0 Å². The molecular weight excluding hydrogens is 206 g/mol. The van der Waals surface area contributed by atoms with Crippen molar-refractivity contribution in [2.75, 3.05) is 7.05 Å². The minimum Gasteiger partial charge on any atom is -0.357 e. The zero-order valence-electron chi connectivity index (χ0n) is 7.03. The SMILES string of the molecule is CNC(=O)C(C)NC(=O)C(F)(F)Cl. The molecule has 0 aromatic heterocycles. The van der Waals surface area contributed by atoms with Crippen LogP contribution in [-0.4, -0.2) is 30.3 Å². The Morgan fingerprint density at radius 3 is 2.23 bits per heavy atom. The first-order valence-electron chi connectivity index (χ1n) is 3.38. The minimum atomic E-state index is -3.98. The van der Waals surface area contributed by atoms with E-state index in [0.717, 1.165) is 0 Å². The van der Waals surface area contributed by atoms with Crippen molar-refractivity contribution in [1.29, 1.82) is 0 Å². The fourth-order valence-corrected chi connectivity index (χ4v) is 0.615. The molecule has 0 aliphatic heterocycles. The Kier molecular flexibility index (Phi) is 4.06. The second-order valence-corrected chi connectivity index (χ2v) is 2.78. The van der Waals surface area contributed by atoms with E-state index < -0.39 is 23.2 Å². The van der Waals surface area contributed by atoms with Crippen molar-refractivity contribution in [1.82, 2.24) is 10.6 Å². The first-order chi connectivity index (χ1) is 5.79. The number of amides is 2. The maximum Gasteiger partial charge on any atom is 0.399 e. The lowest BCUT2D eigenvalue weighted by molar-refractivity contribution is -0.138. The van der Waals surface area contributed by atoms with Crippen LogP contribution in [0.4, 0.5) is 8.78 Å². The van der Waals surface area contributed by atoms with Crippen molar-refractivity contribution in [2.45, 2.75) is 18.3 Å². The third-order valence-corrected chi connectivity index (χ3v) is 1.42. The minimum absolute atomic E-state index is 0.575. The number of likely N-dealkylation sites (N-methyl/N-ethyl adjacent to an activating group) is 1. The van der Waals surface area contributed by atoms with Gasteiger partial charge < -0.3 is 10.6 Å². The van der Waals surface area contributed by atoms with Crippen LogP contribution in [0, 0.1) is 0 Å². The third kappa shape index (κ3) is 4.02. The summed E-state index contributed by atoms with van der Waals surface area (Å²) in [5, 5.41) is -0.0664. The van der Waals surface area contributed by atoms with Gasteiger partial charge in [0.15, 0.2) is 0 Å². The van der Waals surface area contributed by atoms with E-state index in [9.17, 15) is 18.4 Å². The largest absolute Gasteiger partial charge is 0.399 e. The highest BCUT2D eigenvalue weighted by Crippen LogP contribution is 2.18. The normalized spacial score (nSPS) is 13.3. The fraction of sp³-hybridized carbons (Fsp3) is 0.667. The molecule has 0 saturated carbocycles. The highest BCUT2D eigenvalue weighted by Gasteiger charge is 2.37. The topological polar surface area (TPSA) is 58.2 Å². The molecule has 0 heterocycles. The Balaban J connectivity index is 4.15. The summed E-state index contributed by atoms with van der Waals surface area (Å²) < 4.78 is 24.1. The maximum atomic E-state index is 12.1. The van der Waals surface area contributed by atoms with Crippen molar-refractivity contribution in [3.05, 3.63) is 0 Å². The third-order valence-electron chi connectivity index (χ3n) is 1.24. The fourth-order valence-electron chi connectivity index (χ4n) is 0.561. The molecule has 0 saturated heterocycles. The van der Waals surface area contributed by atoms with Gasteiger partial charge in [-0.05, 0) is 18.5 Å². The quantitative estimate of drug-likeness (QED) is 0.654. The summed E-state index contributed by atoms with van der Waals surface area (Å²) in [6.07, 6.45) is 0. The van der Waals surface area contributed by atoms with Crippen LogP contribution in [-0.2, 0) is 9.59 Å². The summed E-state index contributed by atoms with van der Waals surface area (Å²) in [4.78, 5) is 21.3. The van der Waals surface area contributed by atoms with E-state index in [2.05, 4.69) is 16.9 Å². The van der Waals surface area contributed by atoms with E-state index in [1.54, 1.807) is 5.32 Å². The van der Waals surface area contributed by atoms with Crippen molar-refractivity contribution in [3.63, 3.8) is 0 Å². The summed E-state index contributed by atoms with van der Waals surface area (Å²) in [6.45, 7) is 1.26. The lowest BCUT2D eigenvalue weighted by atomic mass is 10.3. The van der Waals surface area contributed by atoms with Crippen LogP contribution in [0.2, 0.25) is 0 Å². The van der Waals surface area contributed by atoms with E-state index in [1.165, 1.54) is 14.0 Å². The molecule has 0 fully saturated rings. The number of carbonyl (C=O) groups is 2.